The van der Waals surface area contributed by atoms with Gasteiger partial charge < -0.3 is 19.8 Å². The lowest BCUT2D eigenvalue weighted by Gasteiger charge is -2.12. The third-order valence-electron chi connectivity index (χ3n) is 4.11. The highest BCUT2D eigenvalue weighted by molar-refractivity contribution is 6.06. The molecule has 0 aliphatic carbocycles. The number of furan rings is 1. The number of nitrogens with zero attached hydrogens (tertiary/aromatic N) is 1. The summed E-state index contributed by atoms with van der Waals surface area (Å²) in [5.41, 5.74) is 1.44. The molecule has 1 heterocycles. The molecule has 3 aromatic rings. The number of nitrogens with one attached hydrogen (secondary N) is 2. The summed E-state index contributed by atoms with van der Waals surface area (Å²) < 4.78 is 10.3. The van der Waals surface area contributed by atoms with Gasteiger partial charge in [0.05, 0.1) is 24.0 Å². The minimum absolute atomic E-state index is 0.0557. The SMILES string of the molecule is COc1cc(NC(=O)c2ccc([N+](=O)[O-])c(C)c2)ccc1NC(=O)c1ccco1. The van der Waals surface area contributed by atoms with E-state index in [1.165, 1.54) is 37.6 Å². The Labute approximate surface area is 165 Å². The van der Waals surface area contributed by atoms with Gasteiger partial charge >= 0.3 is 0 Å². The van der Waals surface area contributed by atoms with E-state index in [9.17, 15) is 19.7 Å². The van der Waals surface area contributed by atoms with Crippen molar-refractivity contribution in [2.75, 3.05) is 17.7 Å². The highest BCUT2D eigenvalue weighted by Gasteiger charge is 2.16. The van der Waals surface area contributed by atoms with Crippen LogP contribution in [0.3, 0.4) is 0 Å². The molecule has 0 saturated heterocycles. The lowest BCUT2D eigenvalue weighted by Crippen LogP contribution is -2.14. The molecule has 0 spiro atoms. The normalized spacial score (nSPS) is 10.3. The molecule has 0 aliphatic rings. The number of amides is 2. The van der Waals surface area contributed by atoms with Crippen molar-refractivity contribution in [3.05, 3.63) is 81.8 Å². The smallest absolute Gasteiger partial charge is 0.291 e. The minimum atomic E-state index is -0.502. The van der Waals surface area contributed by atoms with Crippen LogP contribution >= 0.6 is 0 Å². The van der Waals surface area contributed by atoms with Gasteiger partial charge in [0.2, 0.25) is 0 Å². The van der Waals surface area contributed by atoms with Crippen LogP contribution in [-0.4, -0.2) is 23.8 Å². The lowest BCUT2D eigenvalue weighted by atomic mass is 10.1. The van der Waals surface area contributed by atoms with Crippen LogP contribution in [0.2, 0.25) is 0 Å². The van der Waals surface area contributed by atoms with Gasteiger partial charge in [0.25, 0.3) is 17.5 Å². The number of nitro groups is 1. The molecule has 0 atom stereocenters. The molecule has 0 radical (unpaired) electrons. The van der Waals surface area contributed by atoms with E-state index in [0.717, 1.165) is 0 Å². The Bertz CT molecular complexity index is 1080. The molecular weight excluding hydrogens is 378 g/mol. The van der Waals surface area contributed by atoms with Gasteiger partial charge in [-0.15, -0.1) is 0 Å². The Hall–Kier alpha value is -4.14. The van der Waals surface area contributed by atoms with E-state index in [2.05, 4.69) is 10.6 Å². The predicted molar refractivity (Wildman–Crippen MR) is 105 cm³/mol. The summed E-state index contributed by atoms with van der Waals surface area (Å²) in [7, 11) is 1.43. The Morgan fingerprint density at radius 3 is 2.48 bits per heavy atom. The van der Waals surface area contributed by atoms with Crippen LogP contribution in [0, 0.1) is 17.0 Å². The van der Waals surface area contributed by atoms with Crippen LogP contribution in [0.4, 0.5) is 17.1 Å². The molecule has 9 nitrogen and oxygen atoms in total. The van der Waals surface area contributed by atoms with E-state index in [-0.39, 0.29) is 17.0 Å². The van der Waals surface area contributed by atoms with Crippen LogP contribution in [-0.2, 0) is 0 Å². The number of rotatable bonds is 6. The average molecular weight is 395 g/mol. The molecule has 0 saturated carbocycles. The molecular formula is C20H17N3O6. The van der Waals surface area contributed by atoms with Gasteiger partial charge in [-0.3, -0.25) is 19.7 Å². The number of nitro benzene ring substituents is 1. The maximum atomic E-state index is 12.5. The van der Waals surface area contributed by atoms with Crippen molar-refractivity contribution in [1.82, 2.24) is 0 Å². The second-order valence-electron chi connectivity index (χ2n) is 6.06. The van der Waals surface area contributed by atoms with Crippen molar-refractivity contribution in [2.24, 2.45) is 0 Å². The second kappa shape index (κ2) is 8.26. The van der Waals surface area contributed by atoms with E-state index < -0.39 is 16.7 Å². The van der Waals surface area contributed by atoms with E-state index in [0.29, 0.717) is 22.7 Å². The summed E-state index contributed by atoms with van der Waals surface area (Å²) in [6.45, 7) is 1.56. The first-order chi connectivity index (χ1) is 13.9. The number of carbonyl (C=O) groups is 2. The monoisotopic (exact) mass is 395 g/mol. The van der Waals surface area contributed by atoms with Crippen molar-refractivity contribution in [2.45, 2.75) is 6.92 Å². The second-order valence-corrected chi connectivity index (χ2v) is 6.06. The van der Waals surface area contributed by atoms with Gasteiger partial charge in [-0.05, 0) is 43.3 Å². The van der Waals surface area contributed by atoms with Gasteiger partial charge in [-0.1, -0.05) is 0 Å². The number of hydrogen-bond donors (Lipinski definition) is 2. The Morgan fingerprint density at radius 1 is 1.07 bits per heavy atom. The molecule has 0 bridgehead atoms. The van der Waals surface area contributed by atoms with Gasteiger partial charge in [0.1, 0.15) is 5.75 Å². The maximum absolute atomic E-state index is 12.5. The number of aryl methyl sites for hydroxylation is 1. The molecule has 9 heteroatoms. The van der Waals surface area contributed by atoms with Gasteiger partial charge in [0.15, 0.2) is 5.76 Å². The summed E-state index contributed by atoms with van der Waals surface area (Å²) >= 11 is 0. The third kappa shape index (κ3) is 4.41. The minimum Gasteiger partial charge on any atom is -0.494 e. The average Bonchev–Trinajstić information content (AvgIpc) is 3.23. The van der Waals surface area contributed by atoms with Crippen molar-refractivity contribution in [3.63, 3.8) is 0 Å². The van der Waals surface area contributed by atoms with Gasteiger partial charge in [0, 0.05) is 28.9 Å². The van der Waals surface area contributed by atoms with E-state index >= 15 is 0 Å². The zero-order valence-corrected chi connectivity index (χ0v) is 15.6. The van der Waals surface area contributed by atoms with Crippen molar-refractivity contribution in [1.29, 1.82) is 0 Å². The lowest BCUT2D eigenvalue weighted by molar-refractivity contribution is -0.385. The topological polar surface area (TPSA) is 124 Å². The van der Waals surface area contributed by atoms with Crippen LogP contribution in [0.1, 0.15) is 26.5 Å². The number of hydrogen-bond acceptors (Lipinski definition) is 6. The largest absolute Gasteiger partial charge is 0.494 e. The van der Waals surface area contributed by atoms with E-state index in [1.807, 2.05) is 0 Å². The number of methoxy groups -OCH3 is 1. The first-order valence-corrected chi connectivity index (χ1v) is 8.48. The first-order valence-electron chi connectivity index (χ1n) is 8.48. The Morgan fingerprint density at radius 2 is 1.86 bits per heavy atom. The number of ether oxygens (including phenoxy) is 1. The third-order valence-corrected chi connectivity index (χ3v) is 4.11. The molecule has 29 heavy (non-hydrogen) atoms. The zero-order chi connectivity index (χ0) is 21.0. The molecule has 0 unspecified atom stereocenters. The number of benzene rings is 2. The number of anilines is 2. The van der Waals surface area contributed by atoms with Crippen LogP contribution in [0.5, 0.6) is 5.75 Å². The standard InChI is InChI=1S/C20H17N3O6/c1-12-10-13(5-8-16(12)23(26)27)19(24)21-14-6-7-15(18(11-14)28-2)22-20(25)17-4-3-9-29-17/h3-11H,1-2H3,(H,21,24)(H,22,25). The first kappa shape index (κ1) is 19.6. The quantitative estimate of drug-likeness (QED) is 0.480. The Kier molecular flexibility index (Phi) is 5.59. The molecule has 3 rings (SSSR count). The van der Waals surface area contributed by atoms with Gasteiger partial charge in [-0.25, -0.2) is 0 Å². The molecule has 0 fully saturated rings. The summed E-state index contributed by atoms with van der Waals surface area (Å²) in [5, 5.41) is 16.3. The molecule has 148 valence electrons. The molecule has 2 N–H and O–H groups in total. The van der Waals surface area contributed by atoms with Crippen molar-refractivity contribution >= 4 is 28.9 Å². The van der Waals surface area contributed by atoms with Crippen LogP contribution in [0.25, 0.3) is 0 Å². The van der Waals surface area contributed by atoms with E-state index in [1.54, 1.807) is 31.2 Å². The number of carbonyl (C=O) groups excluding carboxylic acids is 2. The maximum Gasteiger partial charge on any atom is 0.291 e. The Balaban J connectivity index is 1.76. The predicted octanol–water partition coefficient (Wildman–Crippen LogP) is 4.01. The molecule has 2 amide bonds. The van der Waals surface area contributed by atoms with Crippen LogP contribution in [0.15, 0.2) is 59.2 Å². The fourth-order valence-electron chi connectivity index (χ4n) is 2.67. The van der Waals surface area contributed by atoms with Crippen LogP contribution < -0.4 is 15.4 Å². The summed E-state index contributed by atoms with van der Waals surface area (Å²) in [5.74, 6) is -0.385. The van der Waals surface area contributed by atoms with Crippen molar-refractivity contribution in [3.8, 4) is 5.75 Å². The molecule has 2 aromatic carbocycles. The fourth-order valence-corrected chi connectivity index (χ4v) is 2.67. The summed E-state index contributed by atoms with van der Waals surface area (Å²) in [6.07, 6.45) is 1.39. The molecule has 0 aliphatic heterocycles. The zero-order valence-electron chi connectivity index (χ0n) is 15.6. The van der Waals surface area contributed by atoms with E-state index in [4.69, 9.17) is 9.15 Å². The highest BCUT2D eigenvalue weighted by Crippen LogP contribution is 2.29. The summed E-state index contributed by atoms with van der Waals surface area (Å²) in [4.78, 5) is 35.0. The summed E-state index contributed by atoms with van der Waals surface area (Å²) in [6, 6.07) is 12.0. The fraction of sp³-hybridized carbons (Fsp3) is 0.100. The highest BCUT2D eigenvalue weighted by atomic mass is 16.6. The van der Waals surface area contributed by atoms with Crippen molar-refractivity contribution < 1.29 is 23.7 Å². The molecule has 1 aromatic heterocycles. The van der Waals surface area contributed by atoms with Gasteiger partial charge in [-0.2, -0.15) is 0 Å².